The van der Waals surface area contributed by atoms with Crippen LogP contribution >= 0.6 is 0 Å². The van der Waals surface area contributed by atoms with Gasteiger partial charge in [-0.2, -0.15) is 0 Å². The van der Waals surface area contributed by atoms with E-state index >= 15 is 0 Å². The molecule has 0 saturated heterocycles. The third-order valence-corrected chi connectivity index (χ3v) is 3.36. The number of amides is 1. The first-order valence-electron chi connectivity index (χ1n) is 6.93. The van der Waals surface area contributed by atoms with Crippen LogP contribution in [0.15, 0.2) is 24.3 Å². The highest BCUT2D eigenvalue weighted by Crippen LogP contribution is 2.12. The summed E-state index contributed by atoms with van der Waals surface area (Å²) in [4.78, 5) is 24.9. The molecule has 0 spiro atoms. The van der Waals surface area contributed by atoms with Crippen LogP contribution in [0.2, 0.25) is 0 Å². The molecule has 0 heterocycles. The SMILES string of the molecule is COC(=O)C(C)CN(C)C(=O)C=Cc1ccc(C)cc1C. The minimum Gasteiger partial charge on any atom is -0.469 e. The number of methoxy groups -OCH3 is 1. The molecule has 0 fully saturated rings. The van der Waals surface area contributed by atoms with E-state index in [0.717, 1.165) is 11.1 Å². The van der Waals surface area contributed by atoms with Crippen molar-refractivity contribution in [1.82, 2.24) is 4.90 Å². The Morgan fingerprint density at radius 1 is 1.33 bits per heavy atom. The molecule has 114 valence electrons. The summed E-state index contributed by atoms with van der Waals surface area (Å²) in [6, 6.07) is 6.08. The number of aryl methyl sites for hydroxylation is 2. The molecule has 1 unspecified atom stereocenters. The number of hydrogen-bond donors (Lipinski definition) is 0. The smallest absolute Gasteiger partial charge is 0.310 e. The number of benzene rings is 1. The Labute approximate surface area is 126 Å². The summed E-state index contributed by atoms with van der Waals surface area (Å²) in [5.74, 6) is -0.780. The molecule has 1 rings (SSSR count). The molecule has 0 aromatic heterocycles. The van der Waals surface area contributed by atoms with Gasteiger partial charge in [-0.1, -0.05) is 30.7 Å². The van der Waals surface area contributed by atoms with E-state index in [1.807, 2.05) is 26.0 Å². The number of nitrogens with zero attached hydrogens (tertiary/aromatic N) is 1. The lowest BCUT2D eigenvalue weighted by Gasteiger charge is -2.18. The lowest BCUT2D eigenvalue weighted by atomic mass is 10.1. The Balaban J connectivity index is 2.67. The predicted octanol–water partition coefficient (Wildman–Crippen LogP) is 2.58. The van der Waals surface area contributed by atoms with Crippen molar-refractivity contribution in [2.24, 2.45) is 5.92 Å². The largest absolute Gasteiger partial charge is 0.469 e. The molecule has 0 radical (unpaired) electrons. The molecule has 1 aromatic carbocycles. The summed E-state index contributed by atoms with van der Waals surface area (Å²) < 4.78 is 4.65. The fourth-order valence-electron chi connectivity index (χ4n) is 2.08. The third kappa shape index (κ3) is 5.06. The van der Waals surface area contributed by atoms with Crippen LogP contribution in [0.3, 0.4) is 0 Å². The van der Waals surface area contributed by atoms with Crippen LogP contribution in [0, 0.1) is 19.8 Å². The van der Waals surface area contributed by atoms with Gasteiger partial charge >= 0.3 is 5.97 Å². The molecular formula is C17H23NO3. The Morgan fingerprint density at radius 2 is 2.00 bits per heavy atom. The lowest BCUT2D eigenvalue weighted by molar-refractivity contribution is -0.145. The number of carbonyl (C=O) groups excluding carboxylic acids is 2. The van der Waals surface area contributed by atoms with E-state index in [1.165, 1.54) is 23.6 Å². The van der Waals surface area contributed by atoms with Crippen LogP contribution in [-0.4, -0.2) is 37.5 Å². The molecule has 0 N–H and O–H groups in total. The average molecular weight is 289 g/mol. The van der Waals surface area contributed by atoms with E-state index in [4.69, 9.17) is 0 Å². The standard InChI is InChI=1S/C17H23NO3/c1-12-6-7-15(13(2)10-12)8-9-16(19)18(4)11-14(3)17(20)21-5/h6-10,14H,11H2,1-5H3. The van der Waals surface area contributed by atoms with E-state index in [0.29, 0.717) is 6.54 Å². The molecule has 4 heteroatoms. The van der Waals surface area contributed by atoms with Gasteiger partial charge in [-0.25, -0.2) is 0 Å². The lowest BCUT2D eigenvalue weighted by Crippen LogP contribution is -2.33. The van der Waals surface area contributed by atoms with Crippen LogP contribution in [0.1, 0.15) is 23.6 Å². The zero-order valence-corrected chi connectivity index (χ0v) is 13.3. The van der Waals surface area contributed by atoms with Gasteiger partial charge < -0.3 is 9.64 Å². The monoisotopic (exact) mass is 289 g/mol. The van der Waals surface area contributed by atoms with Crippen LogP contribution in [-0.2, 0) is 14.3 Å². The molecule has 1 atom stereocenters. The Morgan fingerprint density at radius 3 is 2.57 bits per heavy atom. The zero-order valence-electron chi connectivity index (χ0n) is 13.3. The molecule has 0 aliphatic rings. The average Bonchev–Trinajstić information content (AvgIpc) is 2.44. The quantitative estimate of drug-likeness (QED) is 0.618. The Kier molecular flexibility index (Phi) is 6.15. The molecule has 0 aliphatic carbocycles. The van der Waals surface area contributed by atoms with Crippen molar-refractivity contribution < 1.29 is 14.3 Å². The third-order valence-electron chi connectivity index (χ3n) is 3.36. The number of ether oxygens (including phenoxy) is 1. The maximum Gasteiger partial charge on any atom is 0.310 e. The topological polar surface area (TPSA) is 46.6 Å². The number of likely N-dealkylation sites (N-methyl/N-ethyl adjacent to an activating group) is 1. The van der Waals surface area contributed by atoms with Gasteiger partial charge in [0.15, 0.2) is 0 Å². The first kappa shape index (κ1) is 17.0. The minimum absolute atomic E-state index is 0.134. The van der Waals surface area contributed by atoms with Gasteiger partial charge in [0, 0.05) is 19.7 Å². The van der Waals surface area contributed by atoms with E-state index < -0.39 is 0 Å². The Hall–Kier alpha value is -2.10. The van der Waals surface area contributed by atoms with Crippen LogP contribution in [0.5, 0.6) is 0 Å². The number of carbonyl (C=O) groups is 2. The van der Waals surface area contributed by atoms with Crippen molar-refractivity contribution in [1.29, 1.82) is 0 Å². The summed E-state index contributed by atoms with van der Waals surface area (Å²) in [5.41, 5.74) is 3.34. The second-order valence-electron chi connectivity index (χ2n) is 5.34. The van der Waals surface area contributed by atoms with Gasteiger partial charge in [0.1, 0.15) is 0 Å². The highest BCUT2D eigenvalue weighted by molar-refractivity contribution is 5.92. The van der Waals surface area contributed by atoms with Gasteiger partial charge in [0.05, 0.1) is 13.0 Å². The fourth-order valence-corrected chi connectivity index (χ4v) is 2.08. The van der Waals surface area contributed by atoms with Crippen molar-refractivity contribution in [3.63, 3.8) is 0 Å². The van der Waals surface area contributed by atoms with Crippen molar-refractivity contribution in [3.05, 3.63) is 41.0 Å². The van der Waals surface area contributed by atoms with E-state index in [2.05, 4.69) is 10.8 Å². The highest BCUT2D eigenvalue weighted by Gasteiger charge is 2.17. The predicted molar refractivity (Wildman–Crippen MR) is 83.8 cm³/mol. The second-order valence-corrected chi connectivity index (χ2v) is 5.34. The summed E-state index contributed by atoms with van der Waals surface area (Å²) in [6.45, 7) is 6.12. The second kappa shape index (κ2) is 7.62. The fraction of sp³-hybridized carbons (Fsp3) is 0.412. The maximum absolute atomic E-state index is 12.0. The number of rotatable bonds is 5. The maximum atomic E-state index is 12.0. The molecule has 1 aromatic rings. The molecule has 0 bridgehead atoms. The van der Waals surface area contributed by atoms with Crippen molar-refractivity contribution in [3.8, 4) is 0 Å². The summed E-state index contributed by atoms with van der Waals surface area (Å²) >= 11 is 0. The summed E-state index contributed by atoms with van der Waals surface area (Å²) in [7, 11) is 3.02. The molecule has 4 nitrogen and oxygen atoms in total. The van der Waals surface area contributed by atoms with Gasteiger partial charge in [-0.15, -0.1) is 0 Å². The molecule has 21 heavy (non-hydrogen) atoms. The summed E-state index contributed by atoms with van der Waals surface area (Å²) in [5, 5.41) is 0. The van der Waals surface area contributed by atoms with Crippen LogP contribution < -0.4 is 0 Å². The Bertz CT molecular complexity index is 549. The van der Waals surface area contributed by atoms with E-state index in [9.17, 15) is 9.59 Å². The first-order valence-corrected chi connectivity index (χ1v) is 6.93. The van der Waals surface area contributed by atoms with Crippen molar-refractivity contribution in [2.75, 3.05) is 20.7 Å². The summed E-state index contributed by atoms with van der Waals surface area (Å²) in [6.07, 6.45) is 3.33. The van der Waals surface area contributed by atoms with Crippen molar-refractivity contribution >= 4 is 18.0 Å². The van der Waals surface area contributed by atoms with Crippen LogP contribution in [0.4, 0.5) is 0 Å². The van der Waals surface area contributed by atoms with E-state index in [-0.39, 0.29) is 17.8 Å². The molecular weight excluding hydrogens is 266 g/mol. The van der Waals surface area contributed by atoms with Gasteiger partial charge in [-0.05, 0) is 31.1 Å². The van der Waals surface area contributed by atoms with Gasteiger partial charge in [0.25, 0.3) is 0 Å². The first-order chi connectivity index (χ1) is 9.85. The number of esters is 1. The molecule has 1 amide bonds. The van der Waals surface area contributed by atoms with Crippen LogP contribution in [0.25, 0.3) is 6.08 Å². The van der Waals surface area contributed by atoms with Gasteiger partial charge in [-0.3, -0.25) is 9.59 Å². The van der Waals surface area contributed by atoms with Crippen molar-refractivity contribution in [2.45, 2.75) is 20.8 Å². The molecule has 0 aliphatic heterocycles. The van der Waals surface area contributed by atoms with E-state index in [1.54, 1.807) is 20.0 Å². The minimum atomic E-state index is -0.335. The number of hydrogen-bond acceptors (Lipinski definition) is 3. The molecule has 0 saturated carbocycles. The zero-order chi connectivity index (χ0) is 16.0. The normalized spacial score (nSPS) is 12.2. The highest BCUT2D eigenvalue weighted by atomic mass is 16.5. The van der Waals surface area contributed by atoms with Gasteiger partial charge in [0.2, 0.25) is 5.91 Å².